The summed E-state index contributed by atoms with van der Waals surface area (Å²) in [4.78, 5) is 10.9. The molecule has 0 aliphatic carbocycles. The molecule has 0 amide bonds. The number of nitrogens with zero attached hydrogens (tertiary/aromatic N) is 3. The lowest BCUT2D eigenvalue weighted by Crippen LogP contribution is -2.38. The fraction of sp³-hybridized carbons (Fsp3) is 0.733. The van der Waals surface area contributed by atoms with E-state index in [4.69, 9.17) is 5.73 Å². The minimum Gasteiger partial charge on any atom is -0.383 e. The van der Waals surface area contributed by atoms with Gasteiger partial charge in [0.1, 0.15) is 18.0 Å². The van der Waals surface area contributed by atoms with Crippen molar-refractivity contribution >= 4 is 11.6 Å². The fourth-order valence-corrected chi connectivity index (χ4v) is 2.91. The number of nitrogens with one attached hydrogen (secondary N) is 1. The second-order valence-electron chi connectivity index (χ2n) is 5.60. The first-order valence-corrected chi connectivity index (χ1v) is 7.79. The van der Waals surface area contributed by atoms with Crippen LogP contribution in [-0.4, -0.2) is 40.5 Å². The molecule has 3 N–H and O–H groups in total. The number of likely N-dealkylation sites (tertiary alicyclic amines) is 1. The van der Waals surface area contributed by atoms with E-state index in [1.807, 2.05) is 0 Å². The average molecular weight is 277 g/mol. The van der Waals surface area contributed by atoms with Gasteiger partial charge in [0.05, 0.1) is 0 Å². The van der Waals surface area contributed by atoms with Crippen LogP contribution in [0.25, 0.3) is 0 Å². The summed E-state index contributed by atoms with van der Waals surface area (Å²) in [5, 5.41) is 3.40. The van der Waals surface area contributed by atoms with Crippen molar-refractivity contribution in [3.63, 3.8) is 0 Å². The minimum absolute atomic E-state index is 0.592. The highest BCUT2D eigenvalue weighted by Crippen LogP contribution is 2.18. The van der Waals surface area contributed by atoms with Crippen LogP contribution in [0.15, 0.2) is 6.33 Å². The highest BCUT2D eigenvalue weighted by Gasteiger charge is 2.17. The Hall–Kier alpha value is -1.36. The largest absolute Gasteiger partial charge is 0.383 e. The van der Waals surface area contributed by atoms with Crippen molar-refractivity contribution in [3.05, 3.63) is 11.9 Å². The van der Waals surface area contributed by atoms with Gasteiger partial charge in [-0.05, 0) is 39.2 Å². The molecule has 0 radical (unpaired) electrons. The third-order valence-corrected chi connectivity index (χ3v) is 4.19. The van der Waals surface area contributed by atoms with Crippen LogP contribution in [0.1, 0.15) is 45.1 Å². The topological polar surface area (TPSA) is 67.1 Å². The quantitative estimate of drug-likeness (QED) is 0.781. The van der Waals surface area contributed by atoms with Gasteiger partial charge < -0.3 is 16.0 Å². The Morgan fingerprint density at radius 3 is 3.00 bits per heavy atom. The molecule has 1 aliphatic heterocycles. The molecule has 0 spiro atoms. The van der Waals surface area contributed by atoms with Crippen molar-refractivity contribution in [2.24, 2.45) is 0 Å². The first kappa shape index (κ1) is 15.0. The highest BCUT2D eigenvalue weighted by atomic mass is 15.2. The van der Waals surface area contributed by atoms with E-state index in [2.05, 4.69) is 34.0 Å². The van der Waals surface area contributed by atoms with Crippen LogP contribution >= 0.6 is 0 Å². The summed E-state index contributed by atoms with van der Waals surface area (Å²) in [6.45, 7) is 7.77. The van der Waals surface area contributed by atoms with Crippen molar-refractivity contribution in [2.45, 2.75) is 52.0 Å². The SMILES string of the molecule is CCc1c(N)ncnc1NCCCN1CCCCC1C. The van der Waals surface area contributed by atoms with Gasteiger partial charge in [0.15, 0.2) is 0 Å². The van der Waals surface area contributed by atoms with Crippen LogP contribution in [0.5, 0.6) is 0 Å². The monoisotopic (exact) mass is 277 g/mol. The van der Waals surface area contributed by atoms with E-state index in [1.54, 1.807) is 0 Å². The third-order valence-electron chi connectivity index (χ3n) is 4.19. The molecule has 1 aliphatic rings. The third kappa shape index (κ3) is 3.82. The zero-order chi connectivity index (χ0) is 14.4. The smallest absolute Gasteiger partial charge is 0.134 e. The van der Waals surface area contributed by atoms with Gasteiger partial charge in [-0.15, -0.1) is 0 Å². The van der Waals surface area contributed by atoms with E-state index in [0.29, 0.717) is 5.82 Å². The van der Waals surface area contributed by atoms with Gasteiger partial charge >= 0.3 is 0 Å². The highest BCUT2D eigenvalue weighted by molar-refractivity contribution is 5.54. The number of hydrogen-bond acceptors (Lipinski definition) is 5. The predicted octanol–water partition coefficient (Wildman–Crippen LogP) is 2.30. The Labute approximate surface area is 122 Å². The Morgan fingerprint density at radius 1 is 1.40 bits per heavy atom. The molecule has 5 heteroatoms. The summed E-state index contributed by atoms with van der Waals surface area (Å²) >= 11 is 0. The number of piperidine rings is 1. The van der Waals surface area contributed by atoms with Crippen LogP contribution in [0.3, 0.4) is 0 Å². The van der Waals surface area contributed by atoms with Crippen LogP contribution in [-0.2, 0) is 6.42 Å². The molecule has 5 nitrogen and oxygen atoms in total. The van der Waals surface area contributed by atoms with E-state index in [-0.39, 0.29) is 0 Å². The number of nitrogens with two attached hydrogens (primary N) is 1. The van der Waals surface area contributed by atoms with Crippen LogP contribution in [0, 0.1) is 0 Å². The van der Waals surface area contributed by atoms with Crippen molar-refractivity contribution in [1.82, 2.24) is 14.9 Å². The van der Waals surface area contributed by atoms with E-state index < -0.39 is 0 Å². The standard InChI is InChI=1S/C15H27N5/c1-3-13-14(16)18-11-19-15(13)17-8-6-10-20-9-5-4-7-12(20)2/h11-12H,3-10H2,1-2H3,(H3,16,17,18,19). The molecule has 112 valence electrons. The Bertz CT molecular complexity index is 421. The lowest BCUT2D eigenvalue weighted by Gasteiger charge is -2.33. The first-order chi connectivity index (χ1) is 9.72. The van der Waals surface area contributed by atoms with Crippen molar-refractivity contribution in [1.29, 1.82) is 0 Å². The molecule has 0 saturated carbocycles. The molecule has 0 bridgehead atoms. The zero-order valence-electron chi connectivity index (χ0n) is 12.7. The molecule has 1 unspecified atom stereocenters. The lowest BCUT2D eigenvalue weighted by atomic mass is 10.0. The lowest BCUT2D eigenvalue weighted by molar-refractivity contribution is 0.160. The molecule has 2 rings (SSSR count). The van der Waals surface area contributed by atoms with Gasteiger partial charge in [0, 0.05) is 24.7 Å². The van der Waals surface area contributed by atoms with Gasteiger partial charge in [0.25, 0.3) is 0 Å². The Kier molecular flexibility index (Phi) is 5.59. The molecule has 20 heavy (non-hydrogen) atoms. The number of hydrogen-bond donors (Lipinski definition) is 2. The molecule has 1 atom stereocenters. The summed E-state index contributed by atoms with van der Waals surface area (Å²) < 4.78 is 0. The van der Waals surface area contributed by atoms with Gasteiger partial charge in [-0.3, -0.25) is 0 Å². The molecule has 0 aromatic carbocycles. The molecular weight excluding hydrogens is 250 g/mol. The van der Waals surface area contributed by atoms with Gasteiger partial charge in [0.2, 0.25) is 0 Å². The van der Waals surface area contributed by atoms with Gasteiger partial charge in [-0.25, -0.2) is 9.97 Å². The summed E-state index contributed by atoms with van der Waals surface area (Å²) in [5.41, 5.74) is 6.90. The molecule has 2 heterocycles. The van der Waals surface area contributed by atoms with Gasteiger partial charge in [-0.1, -0.05) is 13.3 Å². The number of aromatic nitrogens is 2. The van der Waals surface area contributed by atoms with Gasteiger partial charge in [-0.2, -0.15) is 0 Å². The van der Waals surface area contributed by atoms with Crippen LogP contribution in [0.2, 0.25) is 0 Å². The maximum atomic E-state index is 5.87. The number of nitrogen functional groups attached to an aromatic ring is 1. The van der Waals surface area contributed by atoms with Crippen LogP contribution < -0.4 is 11.1 Å². The summed E-state index contributed by atoms with van der Waals surface area (Å²) in [7, 11) is 0. The second-order valence-corrected chi connectivity index (χ2v) is 5.60. The normalized spacial score (nSPS) is 20.0. The fourth-order valence-electron chi connectivity index (χ4n) is 2.91. The predicted molar refractivity (Wildman–Crippen MR) is 83.8 cm³/mol. The summed E-state index contributed by atoms with van der Waals surface area (Å²) in [6.07, 6.45) is 7.60. The van der Waals surface area contributed by atoms with E-state index >= 15 is 0 Å². The number of anilines is 2. The molecule has 1 fully saturated rings. The molecule has 1 saturated heterocycles. The van der Waals surface area contributed by atoms with Crippen molar-refractivity contribution in [3.8, 4) is 0 Å². The van der Waals surface area contributed by atoms with Crippen molar-refractivity contribution < 1.29 is 0 Å². The maximum Gasteiger partial charge on any atom is 0.134 e. The van der Waals surface area contributed by atoms with Crippen molar-refractivity contribution in [2.75, 3.05) is 30.7 Å². The summed E-state index contributed by atoms with van der Waals surface area (Å²) in [6, 6.07) is 0.740. The minimum atomic E-state index is 0.592. The molecule has 1 aromatic heterocycles. The summed E-state index contributed by atoms with van der Waals surface area (Å²) in [5.74, 6) is 1.49. The Balaban J connectivity index is 1.77. The second kappa shape index (κ2) is 7.43. The molecular formula is C15H27N5. The van der Waals surface area contributed by atoms with Crippen LogP contribution in [0.4, 0.5) is 11.6 Å². The zero-order valence-corrected chi connectivity index (χ0v) is 12.7. The van der Waals surface area contributed by atoms with E-state index in [1.165, 1.54) is 32.1 Å². The number of rotatable bonds is 6. The first-order valence-electron chi connectivity index (χ1n) is 7.79. The molecule has 1 aromatic rings. The average Bonchev–Trinajstić information content (AvgIpc) is 2.45. The van der Waals surface area contributed by atoms with E-state index in [0.717, 1.165) is 43.4 Å². The van der Waals surface area contributed by atoms with E-state index in [9.17, 15) is 0 Å². The maximum absolute atomic E-state index is 5.87. The Morgan fingerprint density at radius 2 is 2.25 bits per heavy atom.